The third kappa shape index (κ3) is 4.80. The van der Waals surface area contributed by atoms with E-state index in [9.17, 15) is 13.2 Å². The third-order valence-electron chi connectivity index (χ3n) is 4.31. The number of halogens is 1. The zero-order chi connectivity index (χ0) is 20.2. The maximum absolute atomic E-state index is 12.9. The van der Waals surface area contributed by atoms with Gasteiger partial charge >= 0.3 is 0 Å². The number of nitrogens with one attached hydrogen (secondary N) is 1. The molecule has 0 heterocycles. The first kappa shape index (κ1) is 21.2. The van der Waals surface area contributed by atoms with Gasteiger partial charge in [-0.25, -0.2) is 8.42 Å². The van der Waals surface area contributed by atoms with Gasteiger partial charge in [0.25, 0.3) is 0 Å². The number of methoxy groups -OCH3 is 1. The van der Waals surface area contributed by atoms with Gasteiger partial charge in [0.1, 0.15) is 5.75 Å². The predicted octanol–water partition coefficient (Wildman–Crippen LogP) is 3.61. The number of nitrogens with zero attached hydrogens (tertiary/aromatic N) is 1. The Hall–Kier alpha value is -2.09. The molecule has 27 heavy (non-hydrogen) atoms. The van der Waals surface area contributed by atoms with Crippen LogP contribution in [-0.2, 0) is 14.8 Å². The van der Waals surface area contributed by atoms with Crippen molar-refractivity contribution in [3.05, 3.63) is 52.5 Å². The second-order valence-electron chi connectivity index (χ2n) is 6.02. The van der Waals surface area contributed by atoms with Crippen molar-refractivity contribution in [3.8, 4) is 5.75 Å². The molecule has 0 saturated carbocycles. The molecule has 0 radical (unpaired) electrons. The van der Waals surface area contributed by atoms with Gasteiger partial charge in [0.15, 0.2) is 0 Å². The van der Waals surface area contributed by atoms with Crippen LogP contribution >= 0.6 is 11.6 Å². The van der Waals surface area contributed by atoms with E-state index >= 15 is 0 Å². The molecule has 0 saturated heterocycles. The number of carbonyl (C=O) groups excluding carboxylic acids is 1. The van der Waals surface area contributed by atoms with Crippen molar-refractivity contribution in [2.24, 2.45) is 0 Å². The Morgan fingerprint density at radius 2 is 1.93 bits per heavy atom. The van der Waals surface area contributed by atoms with Crippen LogP contribution in [0.5, 0.6) is 5.75 Å². The van der Waals surface area contributed by atoms with E-state index in [0.717, 1.165) is 15.4 Å². The molecule has 0 aliphatic rings. The lowest BCUT2D eigenvalue weighted by Crippen LogP contribution is -2.38. The van der Waals surface area contributed by atoms with Crippen LogP contribution in [0, 0.1) is 13.8 Å². The molecule has 0 aliphatic heterocycles. The van der Waals surface area contributed by atoms with Crippen LogP contribution in [-0.4, -0.2) is 38.8 Å². The molecule has 1 amide bonds. The number of benzene rings is 2. The van der Waals surface area contributed by atoms with E-state index in [2.05, 4.69) is 5.32 Å². The topological polar surface area (TPSA) is 75.7 Å². The van der Waals surface area contributed by atoms with Crippen LogP contribution in [0.1, 0.15) is 18.1 Å². The summed E-state index contributed by atoms with van der Waals surface area (Å²) in [7, 11) is -2.42. The van der Waals surface area contributed by atoms with Gasteiger partial charge in [-0.2, -0.15) is 4.31 Å². The average Bonchev–Trinajstić information content (AvgIpc) is 2.63. The molecular weight excluding hydrogens is 388 g/mol. The van der Waals surface area contributed by atoms with Crippen LogP contribution in [0.15, 0.2) is 41.3 Å². The molecule has 0 aromatic heterocycles. The number of rotatable bonds is 7. The number of hydrogen-bond acceptors (Lipinski definition) is 4. The fraction of sp³-hybridized carbons (Fsp3) is 0.316. The quantitative estimate of drug-likeness (QED) is 0.756. The Morgan fingerprint density at radius 1 is 1.22 bits per heavy atom. The van der Waals surface area contributed by atoms with Crippen molar-refractivity contribution < 1.29 is 17.9 Å². The number of aryl methyl sites for hydroxylation is 1. The summed E-state index contributed by atoms with van der Waals surface area (Å²) in [6.07, 6.45) is 0. The van der Waals surface area contributed by atoms with Gasteiger partial charge in [0, 0.05) is 12.2 Å². The summed E-state index contributed by atoms with van der Waals surface area (Å²) in [5.74, 6) is -0.0277. The van der Waals surface area contributed by atoms with E-state index in [-0.39, 0.29) is 23.0 Å². The smallest absolute Gasteiger partial charge is 0.243 e. The number of carbonyl (C=O) groups is 1. The molecule has 0 fully saturated rings. The highest BCUT2D eigenvalue weighted by atomic mass is 35.5. The first-order valence-electron chi connectivity index (χ1n) is 8.40. The van der Waals surface area contributed by atoms with Crippen LogP contribution in [0.25, 0.3) is 0 Å². The standard InChI is InChI=1S/C19H23ClN2O4S/c1-5-22(12-19(23)21-17-8-6-7-13(2)14(17)3)27(24,25)15-9-10-18(26-4)16(20)11-15/h6-11H,5,12H2,1-4H3,(H,21,23). The van der Waals surface area contributed by atoms with Crippen molar-refractivity contribution in [2.75, 3.05) is 25.5 Å². The van der Waals surface area contributed by atoms with Gasteiger partial charge in [0.2, 0.25) is 15.9 Å². The summed E-state index contributed by atoms with van der Waals surface area (Å²) >= 11 is 6.04. The van der Waals surface area contributed by atoms with Gasteiger partial charge in [0.05, 0.1) is 23.6 Å². The summed E-state index contributed by atoms with van der Waals surface area (Å²) < 4.78 is 31.9. The van der Waals surface area contributed by atoms with Gasteiger partial charge < -0.3 is 10.1 Å². The zero-order valence-electron chi connectivity index (χ0n) is 15.7. The third-order valence-corrected chi connectivity index (χ3v) is 6.52. The molecule has 0 aliphatic carbocycles. The van der Waals surface area contributed by atoms with E-state index in [1.54, 1.807) is 13.0 Å². The zero-order valence-corrected chi connectivity index (χ0v) is 17.3. The Bertz CT molecular complexity index is 945. The largest absolute Gasteiger partial charge is 0.495 e. The van der Waals surface area contributed by atoms with Crippen molar-refractivity contribution in [1.29, 1.82) is 0 Å². The summed E-state index contributed by atoms with van der Waals surface area (Å²) in [4.78, 5) is 12.4. The maximum Gasteiger partial charge on any atom is 0.243 e. The Morgan fingerprint density at radius 3 is 2.52 bits per heavy atom. The number of hydrogen-bond donors (Lipinski definition) is 1. The monoisotopic (exact) mass is 410 g/mol. The molecule has 2 aromatic carbocycles. The Balaban J connectivity index is 2.21. The molecule has 2 rings (SSSR count). The predicted molar refractivity (Wildman–Crippen MR) is 107 cm³/mol. The molecule has 1 N–H and O–H groups in total. The summed E-state index contributed by atoms with van der Waals surface area (Å²) in [5.41, 5.74) is 2.65. The highest BCUT2D eigenvalue weighted by molar-refractivity contribution is 7.89. The van der Waals surface area contributed by atoms with Crippen LogP contribution in [0.2, 0.25) is 5.02 Å². The van der Waals surface area contributed by atoms with Crippen LogP contribution in [0.4, 0.5) is 5.69 Å². The number of likely N-dealkylation sites (N-methyl/N-ethyl adjacent to an activating group) is 1. The number of sulfonamides is 1. The Kier molecular flexibility index (Phi) is 6.86. The van der Waals surface area contributed by atoms with Crippen molar-refractivity contribution in [2.45, 2.75) is 25.7 Å². The van der Waals surface area contributed by atoms with E-state index in [0.29, 0.717) is 11.4 Å². The summed E-state index contributed by atoms with van der Waals surface area (Å²) in [6, 6.07) is 9.78. The maximum atomic E-state index is 12.9. The minimum Gasteiger partial charge on any atom is -0.495 e. The van der Waals surface area contributed by atoms with Crippen molar-refractivity contribution in [1.82, 2.24) is 4.31 Å². The fourth-order valence-corrected chi connectivity index (χ4v) is 4.31. The number of ether oxygens (including phenoxy) is 1. The van der Waals surface area contributed by atoms with Crippen LogP contribution in [0.3, 0.4) is 0 Å². The first-order valence-corrected chi connectivity index (χ1v) is 10.2. The lowest BCUT2D eigenvalue weighted by molar-refractivity contribution is -0.116. The summed E-state index contributed by atoms with van der Waals surface area (Å²) in [6.45, 7) is 5.37. The molecule has 0 atom stereocenters. The van der Waals surface area contributed by atoms with Gasteiger partial charge in [-0.05, 0) is 49.2 Å². The Labute approximate surface area is 165 Å². The van der Waals surface area contributed by atoms with E-state index in [1.165, 1.54) is 25.3 Å². The molecule has 146 valence electrons. The minimum atomic E-state index is -3.87. The number of anilines is 1. The number of amides is 1. The molecule has 0 spiro atoms. The fourth-order valence-electron chi connectivity index (χ4n) is 2.56. The highest BCUT2D eigenvalue weighted by Gasteiger charge is 2.26. The average molecular weight is 411 g/mol. The van der Waals surface area contributed by atoms with Crippen molar-refractivity contribution in [3.63, 3.8) is 0 Å². The van der Waals surface area contributed by atoms with Gasteiger partial charge in [-0.15, -0.1) is 0 Å². The second-order valence-corrected chi connectivity index (χ2v) is 8.37. The molecule has 2 aromatic rings. The molecule has 8 heteroatoms. The van der Waals surface area contributed by atoms with E-state index in [1.807, 2.05) is 26.0 Å². The van der Waals surface area contributed by atoms with Gasteiger partial charge in [-0.3, -0.25) is 4.79 Å². The van der Waals surface area contributed by atoms with E-state index in [4.69, 9.17) is 16.3 Å². The molecule has 0 unspecified atom stereocenters. The molecule has 0 bridgehead atoms. The second kappa shape index (κ2) is 8.73. The van der Waals surface area contributed by atoms with Crippen LogP contribution < -0.4 is 10.1 Å². The first-order chi connectivity index (χ1) is 12.7. The lowest BCUT2D eigenvalue weighted by atomic mass is 10.1. The van der Waals surface area contributed by atoms with Crippen molar-refractivity contribution >= 4 is 33.2 Å². The molecular formula is C19H23ClN2O4S. The molecule has 6 nitrogen and oxygen atoms in total. The highest BCUT2D eigenvalue weighted by Crippen LogP contribution is 2.28. The SMILES string of the molecule is CCN(CC(=O)Nc1cccc(C)c1C)S(=O)(=O)c1ccc(OC)c(Cl)c1. The minimum absolute atomic E-state index is 0.00897. The lowest BCUT2D eigenvalue weighted by Gasteiger charge is -2.21. The van der Waals surface area contributed by atoms with E-state index < -0.39 is 15.9 Å². The van der Waals surface area contributed by atoms with Gasteiger partial charge in [-0.1, -0.05) is 30.7 Å². The summed E-state index contributed by atoms with van der Waals surface area (Å²) in [5, 5.41) is 2.97. The normalized spacial score (nSPS) is 11.5.